The maximum atomic E-state index is 11.9. The Bertz CT molecular complexity index is 615. The second-order valence-electron chi connectivity index (χ2n) is 5.23. The van der Waals surface area contributed by atoms with Gasteiger partial charge in [0.05, 0.1) is 5.69 Å². The van der Waals surface area contributed by atoms with Crippen LogP contribution in [0.15, 0.2) is 34.5 Å². The molecule has 3 rings (SSSR count). The van der Waals surface area contributed by atoms with Crippen molar-refractivity contribution in [3.8, 4) is 0 Å². The second-order valence-corrected chi connectivity index (χ2v) is 5.60. The van der Waals surface area contributed by atoms with Crippen LogP contribution >= 0.6 is 10.1 Å². The van der Waals surface area contributed by atoms with Gasteiger partial charge in [-0.15, -0.1) is 5.10 Å². The Hall–Kier alpha value is -1.14. The van der Waals surface area contributed by atoms with E-state index in [9.17, 15) is 4.79 Å². The third-order valence-electron chi connectivity index (χ3n) is 3.76. The van der Waals surface area contributed by atoms with Crippen LogP contribution in [0.5, 0.6) is 0 Å². The molecule has 2 heterocycles. The van der Waals surface area contributed by atoms with Crippen LogP contribution in [0.4, 0.5) is 5.69 Å². The Labute approximate surface area is 154 Å². The first kappa shape index (κ1) is 18.2. The van der Waals surface area contributed by atoms with Crippen molar-refractivity contribution in [3.63, 3.8) is 0 Å². The molecule has 0 saturated carbocycles. The summed E-state index contributed by atoms with van der Waals surface area (Å²) in [6.45, 7) is 1.85. The number of hydrogen-bond donors (Lipinski definition) is 1. The van der Waals surface area contributed by atoms with Gasteiger partial charge in [-0.3, -0.25) is 4.79 Å². The number of amidine groups is 1. The molecule has 1 amide bonds. The van der Waals surface area contributed by atoms with Gasteiger partial charge in [-0.2, -0.15) is 5.10 Å². The van der Waals surface area contributed by atoms with Crippen molar-refractivity contribution in [1.82, 2.24) is 4.90 Å². The molecule has 0 atom stereocenters. The van der Waals surface area contributed by atoms with E-state index in [-0.39, 0.29) is 5.91 Å². The monoisotopic (exact) mass is 399 g/mol. The van der Waals surface area contributed by atoms with Gasteiger partial charge in [0, 0.05) is 23.8 Å². The van der Waals surface area contributed by atoms with Crippen LogP contribution in [0.25, 0.3) is 0 Å². The Morgan fingerprint density at radius 3 is 2.52 bits per heavy atom. The normalized spacial score (nSPS) is 19.6. The molecule has 5 nitrogen and oxygen atoms in total. The van der Waals surface area contributed by atoms with Gasteiger partial charge in [0.1, 0.15) is 0 Å². The number of likely N-dealkylation sites (tertiary alicyclic amines) is 1. The van der Waals surface area contributed by atoms with Crippen LogP contribution in [-0.2, 0) is 32.5 Å². The molecule has 0 bridgehead atoms. The van der Waals surface area contributed by atoms with Crippen molar-refractivity contribution in [2.75, 3.05) is 18.4 Å². The Morgan fingerprint density at radius 2 is 1.83 bits per heavy atom. The second kappa shape index (κ2) is 9.23. The number of rotatable bonds is 1. The zero-order chi connectivity index (χ0) is 16.7. The molecule has 127 valence electrons. The minimum absolute atomic E-state index is 0.224. The average Bonchev–Trinajstić information content (AvgIpc) is 2.76. The predicted molar refractivity (Wildman–Crippen MR) is 92.3 cm³/mol. The van der Waals surface area contributed by atoms with E-state index in [0.717, 1.165) is 37.2 Å². The van der Waals surface area contributed by atoms with E-state index >= 15 is 0 Å². The number of amides is 1. The van der Waals surface area contributed by atoms with Gasteiger partial charge < -0.3 is 22.8 Å². The molecule has 0 unspecified atom stereocenters. The molecule has 8 heteroatoms. The summed E-state index contributed by atoms with van der Waals surface area (Å²) in [6, 6.07) is 7.46. The summed E-state index contributed by atoms with van der Waals surface area (Å²) in [4.78, 5) is 14.0. The van der Waals surface area contributed by atoms with Gasteiger partial charge in [-0.05, 0) is 18.9 Å². The van der Waals surface area contributed by atoms with E-state index in [0.29, 0.717) is 10.9 Å². The van der Waals surface area contributed by atoms with E-state index < -0.39 is 0 Å². The van der Waals surface area contributed by atoms with Crippen LogP contribution in [0.3, 0.4) is 0 Å². The van der Waals surface area contributed by atoms with E-state index in [1.165, 1.54) is 12.8 Å². The molecule has 2 aliphatic heterocycles. The molecule has 1 saturated heterocycles. The number of nitrogens with zero attached hydrogens (tertiary/aromatic N) is 3. The molecule has 1 N–H and O–H groups in total. The third-order valence-corrected chi connectivity index (χ3v) is 4.10. The SMILES string of the molecule is O=C1Nc2ccccc2/C1=N/N=C(/[S-])N1CCCCCC1.[Cl][Cu+]. The zero-order valence-electron chi connectivity index (χ0n) is 12.4. The van der Waals surface area contributed by atoms with Crippen molar-refractivity contribution >= 4 is 45.2 Å². The number of hydrogen-bond acceptors (Lipinski definition) is 4. The van der Waals surface area contributed by atoms with E-state index in [2.05, 4.69) is 45.6 Å². The molecule has 0 radical (unpaired) electrons. The number of carbonyl (C=O) groups excluding carboxylic acids is 1. The molecule has 1 aromatic carbocycles. The summed E-state index contributed by atoms with van der Waals surface area (Å²) < 4.78 is 0. The van der Waals surface area contributed by atoms with E-state index in [4.69, 9.17) is 12.6 Å². The van der Waals surface area contributed by atoms with Crippen molar-refractivity contribution < 1.29 is 19.9 Å². The fourth-order valence-corrected chi connectivity index (χ4v) is 2.84. The Kier molecular flexibility index (Phi) is 7.30. The number of benzene rings is 1. The van der Waals surface area contributed by atoms with Crippen LogP contribution < -0.4 is 5.32 Å². The topological polar surface area (TPSA) is 57.1 Å². The van der Waals surface area contributed by atoms with Gasteiger partial charge in [0.25, 0.3) is 5.91 Å². The number of nitrogens with one attached hydrogen (secondary N) is 1. The zero-order valence-corrected chi connectivity index (χ0v) is 14.9. The Morgan fingerprint density at radius 1 is 1.17 bits per heavy atom. The molecular weight excluding hydrogens is 383 g/mol. The summed E-state index contributed by atoms with van der Waals surface area (Å²) in [5.41, 5.74) is 1.89. The third kappa shape index (κ3) is 4.67. The molecule has 0 spiro atoms. The number of para-hydroxylation sites is 1. The first-order valence-corrected chi connectivity index (χ1v) is 9.06. The van der Waals surface area contributed by atoms with E-state index in [1.807, 2.05) is 24.3 Å². The van der Waals surface area contributed by atoms with Crippen LogP contribution in [0, 0.1) is 0 Å². The van der Waals surface area contributed by atoms with Crippen LogP contribution in [0.1, 0.15) is 31.2 Å². The van der Waals surface area contributed by atoms with Crippen LogP contribution in [0.2, 0.25) is 0 Å². The Balaban J connectivity index is 0.000000924. The summed E-state index contributed by atoms with van der Waals surface area (Å²) >= 11 is 8.99. The number of fused-ring (bicyclic) bond motifs is 1. The summed E-state index contributed by atoms with van der Waals surface area (Å²) in [5, 5.41) is 11.5. The molecule has 0 aliphatic carbocycles. The van der Waals surface area contributed by atoms with Gasteiger partial charge in [0.2, 0.25) is 0 Å². The number of anilines is 1. The summed E-state index contributed by atoms with van der Waals surface area (Å²) in [6.07, 6.45) is 4.75. The van der Waals surface area contributed by atoms with E-state index in [1.54, 1.807) is 0 Å². The molecule has 23 heavy (non-hydrogen) atoms. The first-order valence-electron chi connectivity index (χ1n) is 7.35. The number of carbonyl (C=O) groups is 1. The fraction of sp³-hybridized carbons (Fsp3) is 0.400. The van der Waals surface area contributed by atoms with Crippen molar-refractivity contribution in [2.45, 2.75) is 25.7 Å². The standard InChI is InChI=1S/C15H18N4OS.ClH.Cu/c20-14-13(11-7-3-4-8-12(11)16-14)17-18-15(21)19-9-5-1-2-6-10-19;;/h3-4,7-8H,1-2,5-6,9-10H2,(H,18,21)(H,16,17,20);1H;/q;;+2/p-2. The minimum atomic E-state index is -0.224. The molecule has 1 fully saturated rings. The van der Waals surface area contributed by atoms with Gasteiger partial charge in [-0.1, -0.05) is 31.0 Å². The summed E-state index contributed by atoms with van der Waals surface area (Å²) in [5.74, 6) is -0.224. The molecule has 2 aliphatic rings. The van der Waals surface area contributed by atoms with Gasteiger partial charge in [0.15, 0.2) is 5.71 Å². The van der Waals surface area contributed by atoms with Gasteiger partial charge in [-0.25, -0.2) is 0 Å². The quantitative estimate of drug-likeness (QED) is 0.259. The van der Waals surface area contributed by atoms with Crippen LogP contribution in [-0.4, -0.2) is 34.8 Å². The number of halogens is 1. The van der Waals surface area contributed by atoms with Crippen molar-refractivity contribution in [3.05, 3.63) is 29.8 Å². The molecule has 0 aromatic heterocycles. The summed E-state index contributed by atoms with van der Waals surface area (Å²) in [7, 11) is 4.20. The average molecular weight is 400 g/mol. The van der Waals surface area contributed by atoms with Crippen molar-refractivity contribution in [1.29, 1.82) is 0 Å². The van der Waals surface area contributed by atoms with Gasteiger partial charge >= 0.3 is 25.2 Å². The first-order chi connectivity index (χ1) is 11.3. The maximum absolute atomic E-state index is 11.9. The fourth-order valence-electron chi connectivity index (χ4n) is 2.62. The predicted octanol–water partition coefficient (Wildman–Crippen LogP) is 2.81. The molecule has 1 aromatic rings. The van der Waals surface area contributed by atoms with Crippen molar-refractivity contribution in [2.24, 2.45) is 10.2 Å². The molecular formula is C15H17ClCuN4OS.